The lowest BCUT2D eigenvalue weighted by molar-refractivity contribution is 1.35. The molecule has 0 unspecified atom stereocenters. The van der Waals surface area contributed by atoms with E-state index in [0.29, 0.717) is 0 Å². The number of hydrogen-bond donors (Lipinski definition) is 0. The van der Waals surface area contributed by atoms with Crippen molar-refractivity contribution >= 4 is 15.8 Å². The summed E-state index contributed by atoms with van der Waals surface area (Å²) in [4.78, 5) is 0. The second-order valence-corrected chi connectivity index (χ2v) is 11.0. The van der Waals surface area contributed by atoms with E-state index in [0.717, 1.165) is 0 Å². The highest BCUT2D eigenvalue weighted by atomic mass is 31.2. The van der Waals surface area contributed by atoms with E-state index in [-0.39, 0.29) is 15.8 Å². The molecule has 0 saturated carbocycles. The van der Waals surface area contributed by atoms with Crippen LogP contribution in [0.4, 0.5) is 0 Å². The third-order valence-electron chi connectivity index (χ3n) is 2.37. The van der Waals surface area contributed by atoms with E-state index in [1.807, 2.05) is 0 Å². The van der Waals surface area contributed by atoms with Gasteiger partial charge in [-0.05, 0) is 58.2 Å². The van der Waals surface area contributed by atoms with Gasteiger partial charge in [-0.15, -0.1) is 0 Å². The van der Waals surface area contributed by atoms with Gasteiger partial charge >= 0.3 is 0 Å². The van der Waals surface area contributed by atoms with Crippen molar-refractivity contribution in [3.63, 3.8) is 0 Å². The topological polar surface area (TPSA) is 0 Å². The zero-order chi connectivity index (χ0) is 15.0. The van der Waals surface area contributed by atoms with Gasteiger partial charge in [-0.1, -0.05) is 64.5 Å². The van der Waals surface area contributed by atoms with E-state index in [4.69, 9.17) is 0 Å². The molecule has 19 heavy (non-hydrogen) atoms. The largest absolute Gasteiger partial charge is 0.0998 e. The van der Waals surface area contributed by atoms with Crippen molar-refractivity contribution in [2.24, 2.45) is 0 Å². The summed E-state index contributed by atoms with van der Waals surface area (Å²) in [6.07, 6.45) is 4.75. The first-order valence-electron chi connectivity index (χ1n) is 6.73. The van der Waals surface area contributed by atoms with Crippen LogP contribution in [0.5, 0.6) is 0 Å². The van der Waals surface area contributed by atoms with Gasteiger partial charge in [0.25, 0.3) is 0 Å². The van der Waals surface area contributed by atoms with Gasteiger partial charge in [-0.2, -0.15) is 0 Å². The molecule has 108 valence electrons. The van der Waals surface area contributed by atoms with E-state index in [1.165, 1.54) is 52.8 Å². The highest BCUT2D eigenvalue weighted by molar-refractivity contribution is 7.75. The second kappa shape index (κ2) is 9.68. The van der Waals surface area contributed by atoms with E-state index in [9.17, 15) is 0 Å². The Morgan fingerprint density at radius 3 is 0.947 bits per heavy atom. The molecule has 0 saturated heterocycles. The minimum atomic E-state index is 0.00738. The average Bonchev–Trinajstić information content (AvgIpc) is 2.11. The van der Waals surface area contributed by atoms with Crippen LogP contribution in [0.15, 0.2) is 48.6 Å². The van der Waals surface area contributed by atoms with Crippen LogP contribution >= 0.6 is 15.8 Å². The first kappa shape index (κ1) is 18.8. The lowest BCUT2D eigenvalue weighted by Crippen LogP contribution is -2.01. The standard InChI is InChI=1S/C17H30P2/c1-14(2)9-18(10-15(3)4)13-19(11-16(5)6)12-17(7)8/h1,3,5,7,9-13H2,2,4,6,8H3. The molecule has 0 spiro atoms. The SMILES string of the molecule is C=C(C)CP(CC(=C)C)CP(CC(=C)C)CC(=C)C. The first-order chi connectivity index (χ1) is 8.70. The Bertz CT molecular complexity index is 286. The Hall–Kier alpha value is -0.180. The van der Waals surface area contributed by atoms with E-state index >= 15 is 0 Å². The Morgan fingerprint density at radius 2 is 0.789 bits per heavy atom. The van der Waals surface area contributed by atoms with Crippen LogP contribution in [0.25, 0.3) is 0 Å². The van der Waals surface area contributed by atoms with Crippen molar-refractivity contribution < 1.29 is 0 Å². The molecule has 0 aromatic carbocycles. The maximum Gasteiger partial charge on any atom is -0.0109 e. The van der Waals surface area contributed by atoms with Gasteiger partial charge in [0, 0.05) is 0 Å². The molecule has 0 atom stereocenters. The maximum atomic E-state index is 4.09. The summed E-state index contributed by atoms with van der Waals surface area (Å²) in [7, 11) is 0.0148. The van der Waals surface area contributed by atoms with Crippen molar-refractivity contribution in [1.82, 2.24) is 0 Å². The number of hydrogen-bond acceptors (Lipinski definition) is 0. The molecule has 0 aliphatic rings. The zero-order valence-corrected chi connectivity index (χ0v) is 15.0. The third-order valence-corrected chi connectivity index (χ3v) is 9.52. The molecule has 0 aromatic rings. The van der Waals surface area contributed by atoms with E-state index in [1.54, 1.807) is 0 Å². The molecule has 0 bridgehead atoms. The lowest BCUT2D eigenvalue weighted by Gasteiger charge is -2.25. The Labute approximate surface area is 123 Å². The molecule has 0 nitrogen and oxygen atoms in total. The lowest BCUT2D eigenvalue weighted by atomic mass is 10.4. The average molecular weight is 296 g/mol. The molecule has 0 aliphatic carbocycles. The normalized spacial score (nSPS) is 10.8. The summed E-state index contributed by atoms with van der Waals surface area (Å²) in [5, 5.41) is 0. The van der Waals surface area contributed by atoms with Crippen LogP contribution in [0.1, 0.15) is 27.7 Å². The van der Waals surface area contributed by atoms with Crippen LogP contribution in [0.3, 0.4) is 0 Å². The van der Waals surface area contributed by atoms with Crippen LogP contribution < -0.4 is 0 Å². The summed E-state index contributed by atoms with van der Waals surface area (Å²) >= 11 is 0. The number of rotatable bonds is 10. The van der Waals surface area contributed by atoms with Crippen molar-refractivity contribution in [3.8, 4) is 0 Å². The van der Waals surface area contributed by atoms with Crippen molar-refractivity contribution in [1.29, 1.82) is 0 Å². The molecular formula is C17H30P2. The van der Waals surface area contributed by atoms with Gasteiger partial charge in [0.15, 0.2) is 0 Å². The quantitative estimate of drug-likeness (QED) is 0.332. The van der Waals surface area contributed by atoms with Gasteiger partial charge in [0.2, 0.25) is 0 Å². The summed E-state index contributed by atoms with van der Waals surface area (Å²) in [5.41, 5.74) is 5.25. The maximum absolute atomic E-state index is 4.09. The Kier molecular flexibility index (Phi) is 9.59. The van der Waals surface area contributed by atoms with Gasteiger partial charge in [0.05, 0.1) is 0 Å². The fraction of sp³-hybridized carbons (Fsp3) is 0.529. The molecule has 0 aliphatic heterocycles. The fourth-order valence-electron chi connectivity index (χ4n) is 2.12. The zero-order valence-electron chi connectivity index (χ0n) is 13.3. The van der Waals surface area contributed by atoms with Crippen LogP contribution in [0.2, 0.25) is 0 Å². The highest BCUT2D eigenvalue weighted by Gasteiger charge is 2.16. The second-order valence-electron chi connectivity index (χ2n) is 5.94. The summed E-state index contributed by atoms with van der Waals surface area (Å²) < 4.78 is 0. The monoisotopic (exact) mass is 296 g/mol. The van der Waals surface area contributed by atoms with Gasteiger partial charge in [0.1, 0.15) is 0 Å². The van der Waals surface area contributed by atoms with Gasteiger partial charge in [-0.25, -0.2) is 0 Å². The molecule has 0 rings (SSSR count). The van der Waals surface area contributed by atoms with Crippen LogP contribution in [-0.4, -0.2) is 30.6 Å². The molecule has 0 aromatic heterocycles. The van der Waals surface area contributed by atoms with Gasteiger partial charge < -0.3 is 0 Å². The molecule has 0 heterocycles. The van der Waals surface area contributed by atoms with Crippen molar-refractivity contribution in [2.75, 3.05) is 30.6 Å². The molecule has 0 N–H and O–H groups in total. The van der Waals surface area contributed by atoms with Crippen LogP contribution in [-0.2, 0) is 0 Å². The molecule has 0 fully saturated rings. The molecular weight excluding hydrogens is 266 g/mol. The Morgan fingerprint density at radius 1 is 0.579 bits per heavy atom. The summed E-state index contributed by atoms with van der Waals surface area (Å²) in [5.74, 6) is 1.35. The molecule has 0 amide bonds. The van der Waals surface area contributed by atoms with Gasteiger partial charge in [-0.3, -0.25) is 0 Å². The van der Waals surface area contributed by atoms with Crippen molar-refractivity contribution in [2.45, 2.75) is 27.7 Å². The van der Waals surface area contributed by atoms with Crippen LogP contribution in [0, 0.1) is 0 Å². The number of allylic oxidation sites excluding steroid dienone is 4. The Balaban J connectivity index is 4.68. The first-order valence-corrected chi connectivity index (χ1v) is 10.5. The predicted octanol–water partition coefficient (Wildman–Crippen LogP) is 6.21. The molecule has 2 heteroatoms. The third kappa shape index (κ3) is 11.4. The summed E-state index contributed by atoms with van der Waals surface area (Å²) in [6, 6.07) is 0. The van der Waals surface area contributed by atoms with E-state index < -0.39 is 0 Å². The minimum absolute atomic E-state index is 0.00738. The fourth-order valence-corrected chi connectivity index (χ4v) is 9.26. The summed E-state index contributed by atoms with van der Waals surface area (Å²) in [6.45, 7) is 24.9. The molecule has 0 radical (unpaired) electrons. The highest BCUT2D eigenvalue weighted by Crippen LogP contribution is 2.53. The van der Waals surface area contributed by atoms with E-state index in [2.05, 4.69) is 54.0 Å². The van der Waals surface area contributed by atoms with Crippen molar-refractivity contribution in [3.05, 3.63) is 48.6 Å². The predicted molar refractivity (Wildman–Crippen MR) is 97.4 cm³/mol. The minimum Gasteiger partial charge on any atom is -0.0998 e. The smallest absolute Gasteiger partial charge is 0.0109 e.